The van der Waals surface area contributed by atoms with E-state index in [1.54, 1.807) is 4.68 Å². The van der Waals surface area contributed by atoms with Crippen molar-refractivity contribution in [1.82, 2.24) is 14.9 Å². The predicted molar refractivity (Wildman–Crippen MR) is 122 cm³/mol. The van der Waals surface area contributed by atoms with Crippen molar-refractivity contribution in [1.29, 1.82) is 0 Å². The maximum absolute atomic E-state index is 5.44. The van der Waals surface area contributed by atoms with Crippen LogP contribution in [0.5, 0.6) is 0 Å². The minimum Gasteiger partial charge on any atom is -0.250 e. The molecule has 29 heavy (non-hydrogen) atoms. The second-order valence-corrected chi connectivity index (χ2v) is 7.39. The lowest BCUT2D eigenvalue weighted by atomic mass is 9.97. The average molecular weight is 395 g/mol. The first-order valence-corrected chi connectivity index (χ1v) is 9.81. The number of nitrogens with one attached hydrogen (secondary N) is 1. The first-order valence-electron chi connectivity index (χ1n) is 9.40. The highest BCUT2D eigenvalue weighted by Gasteiger charge is 2.09. The highest BCUT2D eigenvalue weighted by Crippen LogP contribution is 2.27. The molecule has 0 saturated carbocycles. The minimum atomic E-state index is 0.460. The van der Waals surface area contributed by atoms with Gasteiger partial charge in [-0.2, -0.15) is 14.9 Å². The zero-order chi connectivity index (χ0) is 19.8. The smallest absolute Gasteiger partial charge is 0.216 e. The van der Waals surface area contributed by atoms with Gasteiger partial charge < -0.3 is 0 Å². The molecule has 0 spiro atoms. The van der Waals surface area contributed by atoms with Crippen molar-refractivity contribution in [2.24, 2.45) is 5.10 Å². The fraction of sp³-hybridized carbons (Fsp3) is 0.0417. The molecular weight excluding hydrogens is 376 g/mol. The van der Waals surface area contributed by atoms with Crippen LogP contribution in [0.1, 0.15) is 11.1 Å². The van der Waals surface area contributed by atoms with Crippen LogP contribution in [0.4, 0.5) is 0 Å². The number of aromatic amines is 1. The number of hydrogen-bond acceptors (Lipinski definition) is 3. The van der Waals surface area contributed by atoms with Crippen molar-refractivity contribution in [2.75, 3.05) is 0 Å². The Morgan fingerprint density at radius 2 is 1.52 bits per heavy atom. The van der Waals surface area contributed by atoms with Crippen LogP contribution in [0, 0.1) is 11.7 Å². The Kier molecular flexibility index (Phi) is 4.30. The molecule has 0 aliphatic rings. The Bertz CT molecular complexity index is 1370. The molecule has 0 radical (unpaired) electrons. The average Bonchev–Trinajstić information content (AvgIpc) is 3.12. The molecule has 1 heterocycles. The molecule has 0 saturated heterocycles. The Balaban J connectivity index is 1.70. The van der Waals surface area contributed by atoms with Gasteiger partial charge in [0.15, 0.2) is 5.82 Å². The number of nitrogens with zero attached hydrogens (tertiary/aromatic N) is 3. The fourth-order valence-electron chi connectivity index (χ4n) is 3.59. The molecular formula is C24H18N4S. The zero-order valence-corrected chi connectivity index (χ0v) is 16.6. The summed E-state index contributed by atoms with van der Waals surface area (Å²) in [6.07, 6.45) is 1.88. The number of fused-ring (bicyclic) bond motifs is 2. The molecule has 5 heteroatoms. The third-order valence-corrected chi connectivity index (χ3v) is 5.34. The molecule has 0 fully saturated rings. The SMILES string of the molecule is Cc1ccc(-c2n[nH]c(=S)n2/N=C/c2c3ccccc3cc3ccccc23)cc1. The summed E-state index contributed by atoms with van der Waals surface area (Å²) in [6.45, 7) is 2.06. The molecule has 0 aliphatic carbocycles. The summed E-state index contributed by atoms with van der Waals surface area (Å²) < 4.78 is 2.14. The molecule has 140 valence electrons. The van der Waals surface area contributed by atoms with E-state index in [1.165, 1.54) is 16.3 Å². The van der Waals surface area contributed by atoms with E-state index in [4.69, 9.17) is 17.3 Å². The zero-order valence-electron chi connectivity index (χ0n) is 15.8. The van der Waals surface area contributed by atoms with Gasteiger partial charge in [0.05, 0.1) is 6.21 Å². The summed E-state index contributed by atoms with van der Waals surface area (Å²) in [7, 11) is 0. The van der Waals surface area contributed by atoms with Crippen LogP contribution in [0.15, 0.2) is 84.0 Å². The van der Waals surface area contributed by atoms with E-state index in [2.05, 4.69) is 83.9 Å². The topological polar surface area (TPSA) is 46.0 Å². The van der Waals surface area contributed by atoms with E-state index in [9.17, 15) is 0 Å². The number of aryl methyl sites for hydroxylation is 1. The number of benzene rings is 4. The summed E-state index contributed by atoms with van der Waals surface area (Å²) in [5.74, 6) is 0.691. The maximum Gasteiger partial charge on any atom is 0.216 e. The molecule has 0 atom stereocenters. The molecule has 0 bridgehead atoms. The second kappa shape index (κ2) is 7.11. The second-order valence-electron chi connectivity index (χ2n) is 7.01. The normalized spacial score (nSPS) is 11.6. The standard InChI is InChI=1S/C24H18N4S/c1-16-10-12-17(13-11-16)23-26-27-24(29)28(23)25-15-22-20-8-4-2-6-18(20)14-19-7-3-5-9-21(19)22/h2-15H,1H3,(H,27,29)/b25-15+. The number of H-pyrrole nitrogens is 1. The Hall–Kier alpha value is -3.57. The largest absolute Gasteiger partial charge is 0.250 e. The summed E-state index contributed by atoms with van der Waals surface area (Å²) in [4.78, 5) is 0. The van der Waals surface area contributed by atoms with Crippen molar-refractivity contribution in [3.63, 3.8) is 0 Å². The van der Waals surface area contributed by atoms with Crippen LogP contribution in [-0.2, 0) is 0 Å². The van der Waals surface area contributed by atoms with E-state index in [0.29, 0.717) is 10.6 Å². The molecule has 4 aromatic carbocycles. The quantitative estimate of drug-likeness (QED) is 0.228. The molecule has 5 aromatic rings. The van der Waals surface area contributed by atoms with Gasteiger partial charge in [0, 0.05) is 11.1 Å². The maximum atomic E-state index is 5.44. The van der Waals surface area contributed by atoms with E-state index in [-0.39, 0.29) is 0 Å². The molecule has 4 nitrogen and oxygen atoms in total. The van der Waals surface area contributed by atoms with Crippen LogP contribution >= 0.6 is 12.2 Å². The fourth-order valence-corrected chi connectivity index (χ4v) is 3.77. The summed E-state index contributed by atoms with van der Waals surface area (Å²) in [5, 5.41) is 16.7. The molecule has 1 N–H and O–H groups in total. The highest BCUT2D eigenvalue weighted by atomic mass is 32.1. The van der Waals surface area contributed by atoms with Crippen LogP contribution in [0.25, 0.3) is 32.9 Å². The summed E-state index contributed by atoms with van der Waals surface area (Å²) in [5.41, 5.74) is 3.22. The van der Waals surface area contributed by atoms with Crippen molar-refractivity contribution in [3.8, 4) is 11.4 Å². The minimum absolute atomic E-state index is 0.460. The van der Waals surface area contributed by atoms with Crippen molar-refractivity contribution in [3.05, 3.63) is 94.8 Å². The predicted octanol–water partition coefficient (Wildman–Crippen LogP) is 6.10. The van der Waals surface area contributed by atoms with E-state index in [1.807, 2.05) is 18.3 Å². The van der Waals surface area contributed by atoms with Crippen molar-refractivity contribution in [2.45, 2.75) is 6.92 Å². The van der Waals surface area contributed by atoms with E-state index >= 15 is 0 Å². The van der Waals surface area contributed by atoms with Gasteiger partial charge in [0.25, 0.3) is 0 Å². The lowest BCUT2D eigenvalue weighted by molar-refractivity contribution is 0.872. The third-order valence-electron chi connectivity index (χ3n) is 5.08. The Morgan fingerprint density at radius 3 is 2.17 bits per heavy atom. The highest BCUT2D eigenvalue weighted by molar-refractivity contribution is 7.71. The van der Waals surface area contributed by atoms with Gasteiger partial charge in [0.1, 0.15) is 0 Å². The van der Waals surface area contributed by atoms with Crippen LogP contribution in [0.3, 0.4) is 0 Å². The van der Waals surface area contributed by atoms with Gasteiger partial charge >= 0.3 is 0 Å². The number of aromatic nitrogens is 3. The summed E-state index contributed by atoms with van der Waals surface area (Å²) in [6, 6.07) is 27.1. The first kappa shape index (κ1) is 17.5. The Morgan fingerprint density at radius 1 is 0.897 bits per heavy atom. The van der Waals surface area contributed by atoms with Gasteiger partial charge in [-0.05, 0) is 46.8 Å². The molecule has 1 aromatic heterocycles. The number of rotatable bonds is 3. The van der Waals surface area contributed by atoms with Gasteiger partial charge in [0.2, 0.25) is 4.77 Å². The van der Waals surface area contributed by atoms with E-state index in [0.717, 1.165) is 21.9 Å². The first-order chi connectivity index (χ1) is 14.2. The Labute approximate surface area is 173 Å². The van der Waals surface area contributed by atoms with Gasteiger partial charge in [-0.1, -0.05) is 78.4 Å². The molecule has 0 aliphatic heterocycles. The third kappa shape index (κ3) is 3.15. The number of hydrogen-bond donors (Lipinski definition) is 1. The lowest BCUT2D eigenvalue weighted by Crippen LogP contribution is -1.96. The van der Waals surface area contributed by atoms with Gasteiger partial charge in [-0.25, -0.2) is 5.10 Å². The molecule has 5 rings (SSSR count). The van der Waals surface area contributed by atoms with Crippen LogP contribution in [-0.4, -0.2) is 21.1 Å². The van der Waals surface area contributed by atoms with Crippen LogP contribution < -0.4 is 0 Å². The van der Waals surface area contributed by atoms with Gasteiger partial charge in [-0.15, -0.1) is 0 Å². The van der Waals surface area contributed by atoms with Gasteiger partial charge in [-0.3, -0.25) is 0 Å². The lowest BCUT2D eigenvalue weighted by Gasteiger charge is -2.08. The summed E-state index contributed by atoms with van der Waals surface area (Å²) >= 11 is 5.44. The van der Waals surface area contributed by atoms with Crippen molar-refractivity contribution >= 4 is 40.0 Å². The molecule has 0 unspecified atom stereocenters. The monoisotopic (exact) mass is 394 g/mol. The molecule has 0 amide bonds. The van der Waals surface area contributed by atoms with E-state index < -0.39 is 0 Å². The van der Waals surface area contributed by atoms with Crippen molar-refractivity contribution < 1.29 is 0 Å². The van der Waals surface area contributed by atoms with Crippen LogP contribution in [0.2, 0.25) is 0 Å².